The van der Waals surface area contributed by atoms with E-state index in [1.165, 1.54) is 46.0 Å². The molecule has 0 bridgehead atoms. The van der Waals surface area contributed by atoms with Crippen molar-refractivity contribution in [2.75, 3.05) is 13.1 Å². The van der Waals surface area contributed by atoms with Crippen LogP contribution in [0.3, 0.4) is 0 Å². The molecule has 1 aliphatic heterocycles. The van der Waals surface area contributed by atoms with Gasteiger partial charge in [0, 0.05) is 0 Å². The van der Waals surface area contributed by atoms with E-state index >= 15 is 0 Å². The summed E-state index contributed by atoms with van der Waals surface area (Å²) < 4.78 is 1.22. The Morgan fingerprint density at radius 3 is 2.00 bits per heavy atom. The zero-order valence-corrected chi connectivity index (χ0v) is 13.9. The predicted molar refractivity (Wildman–Crippen MR) is 78.2 cm³/mol. The van der Waals surface area contributed by atoms with Gasteiger partial charge in [0.2, 0.25) is 0 Å². The summed E-state index contributed by atoms with van der Waals surface area (Å²) in [6.45, 7) is 9.52. The maximum atomic E-state index is 5.60. The standard InChI is InChI=1S/C11H23GeNS2/c1-4-12(5-2,6-3)15-11(14)13-9-7-8-10-13/h4-10H2,1-3H3. The van der Waals surface area contributed by atoms with Crippen molar-refractivity contribution in [1.29, 1.82) is 0 Å². The first-order valence-electron chi connectivity index (χ1n) is 6.15. The Balaban J connectivity index is 2.53. The molecule has 0 atom stereocenters. The molecule has 1 aliphatic rings. The van der Waals surface area contributed by atoms with Crippen LogP contribution in [0.5, 0.6) is 0 Å². The van der Waals surface area contributed by atoms with Crippen LogP contribution < -0.4 is 0 Å². The van der Waals surface area contributed by atoms with Gasteiger partial charge >= 0.3 is 106 Å². The Morgan fingerprint density at radius 1 is 1.13 bits per heavy atom. The molecule has 0 aromatic carbocycles. The SMILES string of the molecule is C[CH2][Ge]([CH2]C)([CH2]C)[S]C(=S)N1CCCC1. The van der Waals surface area contributed by atoms with E-state index < -0.39 is 12.1 Å². The monoisotopic (exact) mass is 307 g/mol. The third-order valence-corrected chi connectivity index (χ3v) is 22.5. The average Bonchev–Trinajstić information content (AvgIpc) is 2.79. The van der Waals surface area contributed by atoms with Gasteiger partial charge in [0.05, 0.1) is 0 Å². The van der Waals surface area contributed by atoms with Crippen LogP contribution in [-0.2, 0) is 0 Å². The Morgan fingerprint density at radius 2 is 1.60 bits per heavy atom. The summed E-state index contributed by atoms with van der Waals surface area (Å²) in [5.74, 6) is 0. The minimum atomic E-state index is -1.64. The fourth-order valence-electron chi connectivity index (χ4n) is 2.12. The summed E-state index contributed by atoms with van der Waals surface area (Å²) in [7, 11) is 2.13. The Labute approximate surface area is 106 Å². The van der Waals surface area contributed by atoms with Crippen molar-refractivity contribution in [1.82, 2.24) is 4.90 Å². The van der Waals surface area contributed by atoms with E-state index in [0.717, 1.165) is 0 Å². The third kappa shape index (κ3) is 3.63. The molecule has 1 nitrogen and oxygen atoms in total. The fraction of sp³-hybridized carbons (Fsp3) is 0.909. The topological polar surface area (TPSA) is 3.24 Å². The van der Waals surface area contributed by atoms with Crippen LogP contribution in [0.25, 0.3) is 0 Å². The zero-order valence-electron chi connectivity index (χ0n) is 10.2. The van der Waals surface area contributed by atoms with Gasteiger partial charge in [0.1, 0.15) is 0 Å². The molecule has 1 fully saturated rings. The van der Waals surface area contributed by atoms with Crippen molar-refractivity contribution in [3.05, 3.63) is 0 Å². The maximum absolute atomic E-state index is 5.60. The number of thiocarbonyl (C=S) groups is 1. The molecule has 0 aromatic rings. The van der Waals surface area contributed by atoms with Crippen LogP contribution in [0.1, 0.15) is 33.6 Å². The van der Waals surface area contributed by atoms with Gasteiger partial charge in [-0.1, -0.05) is 0 Å². The number of hydrogen-bond donors (Lipinski definition) is 0. The van der Waals surface area contributed by atoms with Gasteiger partial charge in [0.15, 0.2) is 0 Å². The number of nitrogens with zero attached hydrogens (tertiary/aromatic N) is 1. The van der Waals surface area contributed by atoms with E-state index in [4.69, 9.17) is 12.2 Å². The molecule has 0 amide bonds. The molecule has 1 rings (SSSR count). The minimum absolute atomic E-state index is 1.21. The van der Waals surface area contributed by atoms with E-state index in [0.29, 0.717) is 0 Å². The number of hydrogen-bond acceptors (Lipinski definition) is 2. The van der Waals surface area contributed by atoms with Crippen LogP contribution >= 0.6 is 22.3 Å². The third-order valence-electron chi connectivity index (χ3n) is 3.60. The summed E-state index contributed by atoms with van der Waals surface area (Å²) in [6, 6.07) is 0. The normalized spacial score (nSPS) is 17.1. The van der Waals surface area contributed by atoms with Gasteiger partial charge in [-0.2, -0.15) is 0 Å². The van der Waals surface area contributed by atoms with E-state index in [9.17, 15) is 0 Å². The van der Waals surface area contributed by atoms with Crippen molar-refractivity contribution in [3.63, 3.8) is 0 Å². The van der Waals surface area contributed by atoms with Crippen LogP contribution in [-0.4, -0.2) is 34.4 Å². The molecule has 0 saturated carbocycles. The second kappa shape index (κ2) is 6.50. The molecule has 15 heavy (non-hydrogen) atoms. The molecule has 0 N–H and O–H groups in total. The number of likely N-dealkylation sites (tertiary alicyclic amines) is 1. The summed E-state index contributed by atoms with van der Waals surface area (Å²) >= 11 is 3.96. The Kier molecular flexibility index (Phi) is 6.00. The molecule has 1 saturated heterocycles. The van der Waals surface area contributed by atoms with E-state index in [2.05, 4.69) is 35.8 Å². The molecule has 0 unspecified atom stereocenters. The van der Waals surface area contributed by atoms with Crippen molar-refractivity contribution in [2.45, 2.75) is 49.4 Å². The average molecular weight is 306 g/mol. The van der Waals surface area contributed by atoms with E-state index in [-0.39, 0.29) is 0 Å². The molecule has 88 valence electrons. The van der Waals surface area contributed by atoms with Crippen LogP contribution in [0.2, 0.25) is 15.8 Å². The summed E-state index contributed by atoms with van der Waals surface area (Å²) in [6.07, 6.45) is 2.68. The van der Waals surface area contributed by atoms with Gasteiger partial charge in [-0.25, -0.2) is 0 Å². The second-order valence-electron chi connectivity index (χ2n) is 4.31. The van der Waals surface area contributed by atoms with Gasteiger partial charge in [0.25, 0.3) is 0 Å². The Hall–Kier alpha value is 0.783. The Bertz CT molecular complexity index is 202. The first-order chi connectivity index (χ1) is 7.17. The van der Waals surface area contributed by atoms with Gasteiger partial charge in [-0.05, 0) is 0 Å². The van der Waals surface area contributed by atoms with Crippen LogP contribution in [0.15, 0.2) is 0 Å². The summed E-state index contributed by atoms with van der Waals surface area (Å²) in [5.41, 5.74) is 0. The van der Waals surface area contributed by atoms with Crippen LogP contribution in [0, 0.1) is 0 Å². The molecular formula is C11H23GeNS2. The zero-order chi connectivity index (χ0) is 11.3. The van der Waals surface area contributed by atoms with Crippen molar-refractivity contribution < 1.29 is 0 Å². The molecular weight excluding hydrogens is 283 g/mol. The second-order valence-corrected chi connectivity index (χ2v) is 20.7. The van der Waals surface area contributed by atoms with E-state index in [1.807, 2.05) is 0 Å². The van der Waals surface area contributed by atoms with Crippen molar-refractivity contribution >= 4 is 38.7 Å². The summed E-state index contributed by atoms with van der Waals surface area (Å²) in [5, 5.41) is 4.23. The molecule has 4 heteroatoms. The molecule has 0 aromatic heterocycles. The first-order valence-corrected chi connectivity index (χ1v) is 14.4. The van der Waals surface area contributed by atoms with E-state index in [1.54, 1.807) is 0 Å². The first kappa shape index (κ1) is 13.8. The van der Waals surface area contributed by atoms with Crippen molar-refractivity contribution in [2.24, 2.45) is 0 Å². The van der Waals surface area contributed by atoms with Gasteiger partial charge in [-0.3, -0.25) is 0 Å². The summed E-state index contributed by atoms with van der Waals surface area (Å²) in [4.78, 5) is 2.43. The predicted octanol–water partition coefficient (Wildman–Crippen LogP) is 4.11. The van der Waals surface area contributed by atoms with Crippen LogP contribution in [0.4, 0.5) is 0 Å². The fourth-order valence-corrected chi connectivity index (χ4v) is 15.2. The van der Waals surface area contributed by atoms with Gasteiger partial charge in [-0.15, -0.1) is 0 Å². The quantitative estimate of drug-likeness (QED) is 0.568. The molecule has 0 spiro atoms. The van der Waals surface area contributed by atoms with Crippen molar-refractivity contribution in [3.8, 4) is 0 Å². The molecule has 0 aliphatic carbocycles. The molecule has 1 heterocycles. The van der Waals surface area contributed by atoms with Gasteiger partial charge < -0.3 is 0 Å². The number of rotatable bonds is 4. The molecule has 0 radical (unpaired) electrons.